The van der Waals surface area contributed by atoms with Crippen LogP contribution in [0.2, 0.25) is 0 Å². The fourth-order valence-corrected chi connectivity index (χ4v) is 2.69. The molecular formula is C15H23ClN2O. The van der Waals surface area contributed by atoms with Gasteiger partial charge in [0.05, 0.1) is 6.04 Å². The normalized spacial score (nSPS) is 15.5. The number of likely N-dealkylation sites (N-methyl/N-ethyl adjacent to an activating group) is 1. The van der Waals surface area contributed by atoms with Crippen molar-refractivity contribution in [2.45, 2.75) is 44.7 Å². The second kappa shape index (κ2) is 6.92. The van der Waals surface area contributed by atoms with Crippen molar-refractivity contribution in [1.82, 2.24) is 4.90 Å². The Morgan fingerprint density at radius 2 is 1.89 bits per heavy atom. The van der Waals surface area contributed by atoms with Gasteiger partial charge in [0.25, 0.3) is 0 Å². The minimum absolute atomic E-state index is 0. The Labute approximate surface area is 121 Å². The molecule has 0 aromatic heterocycles. The Morgan fingerprint density at radius 3 is 2.37 bits per heavy atom. The fourth-order valence-electron chi connectivity index (χ4n) is 2.69. The average molecular weight is 283 g/mol. The summed E-state index contributed by atoms with van der Waals surface area (Å²) in [7, 11) is 1.88. The zero-order valence-corrected chi connectivity index (χ0v) is 12.5. The highest BCUT2D eigenvalue weighted by atomic mass is 35.5. The zero-order valence-electron chi connectivity index (χ0n) is 11.6. The molecular weight excluding hydrogens is 260 g/mol. The lowest BCUT2D eigenvalue weighted by Crippen LogP contribution is -2.46. The van der Waals surface area contributed by atoms with Crippen LogP contribution in [0.3, 0.4) is 0 Å². The summed E-state index contributed by atoms with van der Waals surface area (Å²) in [6, 6.07) is 8.36. The van der Waals surface area contributed by atoms with Crippen molar-refractivity contribution in [2.75, 3.05) is 7.05 Å². The minimum Gasteiger partial charge on any atom is -0.341 e. The van der Waals surface area contributed by atoms with Gasteiger partial charge >= 0.3 is 0 Å². The van der Waals surface area contributed by atoms with Crippen molar-refractivity contribution >= 4 is 18.3 Å². The number of hydrogen-bond acceptors (Lipinski definition) is 2. The Bertz CT molecular complexity index is 411. The van der Waals surface area contributed by atoms with Gasteiger partial charge in [0.2, 0.25) is 5.91 Å². The lowest BCUT2D eigenvalue weighted by atomic mass is 10.1. The largest absolute Gasteiger partial charge is 0.341 e. The van der Waals surface area contributed by atoms with Crippen LogP contribution in [0.25, 0.3) is 0 Å². The SMILES string of the molecule is CCCC(N)C(=O)N(C)C1Cc2ccccc2C1.Cl. The summed E-state index contributed by atoms with van der Waals surface area (Å²) in [6.07, 6.45) is 3.63. The van der Waals surface area contributed by atoms with Crippen LogP contribution >= 0.6 is 12.4 Å². The number of nitrogens with two attached hydrogens (primary N) is 1. The van der Waals surface area contributed by atoms with Crippen LogP contribution in [0.1, 0.15) is 30.9 Å². The molecule has 0 fully saturated rings. The molecule has 2 N–H and O–H groups in total. The van der Waals surface area contributed by atoms with Gasteiger partial charge in [-0.2, -0.15) is 0 Å². The smallest absolute Gasteiger partial charge is 0.239 e. The van der Waals surface area contributed by atoms with Gasteiger partial charge in [0.1, 0.15) is 0 Å². The summed E-state index contributed by atoms with van der Waals surface area (Å²) in [4.78, 5) is 14.0. The summed E-state index contributed by atoms with van der Waals surface area (Å²) in [5, 5.41) is 0. The first-order valence-electron chi connectivity index (χ1n) is 6.72. The second-order valence-electron chi connectivity index (χ2n) is 5.18. The molecule has 19 heavy (non-hydrogen) atoms. The van der Waals surface area contributed by atoms with E-state index in [9.17, 15) is 4.79 Å². The van der Waals surface area contributed by atoms with E-state index in [0.717, 1.165) is 25.7 Å². The number of carbonyl (C=O) groups excluding carboxylic acids is 1. The lowest BCUT2D eigenvalue weighted by molar-refractivity contribution is -0.133. The van der Waals surface area contributed by atoms with Crippen molar-refractivity contribution in [3.63, 3.8) is 0 Å². The zero-order chi connectivity index (χ0) is 13.1. The monoisotopic (exact) mass is 282 g/mol. The van der Waals surface area contributed by atoms with Crippen molar-refractivity contribution in [3.05, 3.63) is 35.4 Å². The van der Waals surface area contributed by atoms with Crippen LogP contribution in [0.5, 0.6) is 0 Å². The predicted octanol–water partition coefficient (Wildman–Crippen LogP) is 2.16. The average Bonchev–Trinajstić information content (AvgIpc) is 2.81. The summed E-state index contributed by atoms with van der Waals surface area (Å²) < 4.78 is 0. The molecule has 1 aromatic carbocycles. The van der Waals surface area contributed by atoms with Gasteiger partial charge in [-0.05, 0) is 30.4 Å². The number of halogens is 1. The Balaban J connectivity index is 0.00000180. The van der Waals surface area contributed by atoms with Gasteiger partial charge < -0.3 is 10.6 Å². The molecule has 1 atom stereocenters. The molecule has 0 saturated heterocycles. The van der Waals surface area contributed by atoms with Gasteiger partial charge in [-0.25, -0.2) is 0 Å². The molecule has 0 spiro atoms. The molecule has 1 aliphatic rings. The van der Waals surface area contributed by atoms with Gasteiger partial charge in [-0.3, -0.25) is 4.79 Å². The van der Waals surface area contributed by atoms with Crippen LogP contribution in [0, 0.1) is 0 Å². The van der Waals surface area contributed by atoms with E-state index >= 15 is 0 Å². The highest BCUT2D eigenvalue weighted by Crippen LogP contribution is 2.25. The topological polar surface area (TPSA) is 46.3 Å². The summed E-state index contributed by atoms with van der Waals surface area (Å²) in [6.45, 7) is 2.05. The van der Waals surface area contributed by atoms with E-state index in [4.69, 9.17) is 5.73 Å². The third-order valence-corrected chi connectivity index (χ3v) is 3.84. The Hall–Kier alpha value is -1.06. The maximum Gasteiger partial charge on any atom is 0.239 e. The standard InChI is InChI=1S/C15H22N2O.ClH/c1-3-6-14(16)15(18)17(2)13-9-11-7-4-5-8-12(11)10-13;/h4-5,7-8,13-14H,3,6,9-10,16H2,1-2H3;1H. The molecule has 0 bridgehead atoms. The van der Waals surface area contributed by atoms with Crippen LogP contribution in [0.15, 0.2) is 24.3 Å². The molecule has 0 radical (unpaired) electrons. The predicted molar refractivity (Wildman–Crippen MR) is 80.5 cm³/mol. The van der Waals surface area contributed by atoms with Gasteiger partial charge in [0, 0.05) is 13.1 Å². The van der Waals surface area contributed by atoms with Crippen LogP contribution < -0.4 is 5.73 Å². The van der Waals surface area contributed by atoms with Gasteiger partial charge in [-0.15, -0.1) is 12.4 Å². The number of amides is 1. The number of benzene rings is 1. The quantitative estimate of drug-likeness (QED) is 0.920. The molecule has 1 amide bonds. The summed E-state index contributed by atoms with van der Waals surface area (Å²) in [5.74, 6) is 0.0784. The first-order chi connectivity index (χ1) is 8.63. The third-order valence-electron chi connectivity index (χ3n) is 3.84. The van der Waals surface area contributed by atoms with Crippen molar-refractivity contribution in [1.29, 1.82) is 0 Å². The van der Waals surface area contributed by atoms with Gasteiger partial charge in [0.15, 0.2) is 0 Å². The number of hydrogen-bond donors (Lipinski definition) is 1. The number of fused-ring (bicyclic) bond motifs is 1. The van der Waals surface area contributed by atoms with E-state index in [-0.39, 0.29) is 30.4 Å². The molecule has 0 heterocycles. The van der Waals surface area contributed by atoms with Crippen LogP contribution in [-0.2, 0) is 17.6 Å². The van der Waals surface area contributed by atoms with E-state index in [1.807, 2.05) is 11.9 Å². The molecule has 0 saturated carbocycles. The molecule has 106 valence electrons. The Kier molecular flexibility index (Phi) is 5.83. The van der Waals surface area contributed by atoms with Crippen molar-refractivity contribution < 1.29 is 4.79 Å². The molecule has 3 nitrogen and oxygen atoms in total. The highest BCUT2D eigenvalue weighted by Gasteiger charge is 2.29. The molecule has 1 aliphatic carbocycles. The van der Waals surface area contributed by atoms with Gasteiger partial charge in [-0.1, -0.05) is 37.6 Å². The van der Waals surface area contributed by atoms with Crippen LogP contribution in [-0.4, -0.2) is 29.9 Å². The first kappa shape index (κ1) is 16.0. The van der Waals surface area contributed by atoms with E-state index in [2.05, 4.69) is 31.2 Å². The molecule has 1 aromatic rings. The first-order valence-corrected chi connectivity index (χ1v) is 6.72. The minimum atomic E-state index is -0.344. The second-order valence-corrected chi connectivity index (χ2v) is 5.18. The maximum atomic E-state index is 12.2. The van der Waals surface area contributed by atoms with E-state index in [1.165, 1.54) is 11.1 Å². The van der Waals surface area contributed by atoms with Crippen molar-refractivity contribution in [3.8, 4) is 0 Å². The van der Waals surface area contributed by atoms with E-state index in [0.29, 0.717) is 0 Å². The molecule has 0 aliphatic heterocycles. The molecule has 4 heteroatoms. The Morgan fingerprint density at radius 1 is 1.37 bits per heavy atom. The molecule has 2 rings (SSSR count). The van der Waals surface area contributed by atoms with E-state index in [1.54, 1.807) is 0 Å². The summed E-state index contributed by atoms with van der Waals surface area (Å²) in [5.41, 5.74) is 8.64. The maximum absolute atomic E-state index is 12.2. The fraction of sp³-hybridized carbons (Fsp3) is 0.533. The number of carbonyl (C=O) groups is 1. The van der Waals surface area contributed by atoms with Crippen molar-refractivity contribution in [2.24, 2.45) is 5.73 Å². The number of rotatable bonds is 4. The van der Waals surface area contributed by atoms with Crippen LogP contribution in [0.4, 0.5) is 0 Å². The lowest BCUT2D eigenvalue weighted by Gasteiger charge is -2.27. The highest BCUT2D eigenvalue weighted by molar-refractivity contribution is 5.85. The van der Waals surface area contributed by atoms with E-state index < -0.39 is 0 Å². The summed E-state index contributed by atoms with van der Waals surface area (Å²) >= 11 is 0. The molecule has 1 unspecified atom stereocenters. The number of nitrogens with zero attached hydrogens (tertiary/aromatic N) is 1. The third kappa shape index (κ3) is 3.48.